The lowest BCUT2D eigenvalue weighted by molar-refractivity contribution is -0.118. The smallest absolute Gasteiger partial charge is 0.264 e. The summed E-state index contributed by atoms with van der Waals surface area (Å²) in [5, 5.41) is 5.15. The molecule has 0 aliphatic heterocycles. The highest BCUT2D eigenvalue weighted by Crippen LogP contribution is 2.34. The molecule has 1 amide bonds. The van der Waals surface area contributed by atoms with E-state index in [9.17, 15) is 4.79 Å². The molecule has 0 spiro atoms. The molecule has 0 saturated heterocycles. The van der Waals surface area contributed by atoms with Crippen LogP contribution in [0.4, 0.5) is 5.13 Å². The molecule has 8 heteroatoms. The summed E-state index contributed by atoms with van der Waals surface area (Å²) in [6.07, 6.45) is 0. The molecule has 0 saturated carbocycles. The molecule has 0 radical (unpaired) electrons. The largest absolute Gasteiger partial charge is 0.493 e. The Bertz CT molecular complexity index is 1260. The minimum Gasteiger partial charge on any atom is -0.493 e. The van der Waals surface area contributed by atoms with Crippen molar-refractivity contribution in [3.63, 3.8) is 0 Å². The standard InChI is InChI=1S/C25H21BrN2O4S/c1-30-22-11-9-18(13-23(22)31-2)20-15-33-25(27-20)28-24(29)14-32-21-10-8-17(12-19(21)26)16-6-4-3-5-7-16/h3-13,15H,14H2,1-2H3,(H,27,28,29). The number of nitrogens with zero attached hydrogens (tertiary/aromatic N) is 1. The van der Waals surface area contributed by atoms with E-state index in [-0.39, 0.29) is 12.5 Å². The van der Waals surface area contributed by atoms with Crippen molar-refractivity contribution in [3.8, 4) is 39.6 Å². The minimum atomic E-state index is -0.290. The van der Waals surface area contributed by atoms with Gasteiger partial charge in [0, 0.05) is 10.9 Å². The number of ether oxygens (including phenoxy) is 3. The van der Waals surface area contributed by atoms with Crippen molar-refractivity contribution in [1.29, 1.82) is 0 Å². The van der Waals surface area contributed by atoms with Crippen LogP contribution in [0, 0.1) is 0 Å². The number of benzene rings is 3. The average Bonchev–Trinajstić information content (AvgIpc) is 3.31. The van der Waals surface area contributed by atoms with E-state index in [1.54, 1.807) is 14.2 Å². The molecule has 1 N–H and O–H groups in total. The lowest BCUT2D eigenvalue weighted by Crippen LogP contribution is -2.20. The van der Waals surface area contributed by atoms with Gasteiger partial charge in [-0.3, -0.25) is 10.1 Å². The van der Waals surface area contributed by atoms with Gasteiger partial charge in [0.1, 0.15) is 5.75 Å². The predicted octanol–water partition coefficient (Wildman–Crippen LogP) is 6.27. The molecule has 3 aromatic carbocycles. The summed E-state index contributed by atoms with van der Waals surface area (Å²) in [5.74, 6) is 1.56. The van der Waals surface area contributed by atoms with E-state index in [0.717, 1.165) is 26.9 Å². The van der Waals surface area contributed by atoms with Crippen LogP contribution < -0.4 is 19.5 Å². The molecule has 168 valence electrons. The fourth-order valence-corrected chi connectivity index (χ4v) is 4.42. The summed E-state index contributed by atoms with van der Waals surface area (Å²) in [6, 6.07) is 21.4. The molecule has 0 atom stereocenters. The van der Waals surface area contributed by atoms with Gasteiger partial charge in [-0.2, -0.15) is 0 Å². The Morgan fingerprint density at radius 1 is 0.909 bits per heavy atom. The third-order valence-electron chi connectivity index (χ3n) is 4.83. The maximum atomic E-state index is 12.4. The highest BCUT2D eigenvalue weighted by atomic mass is 79.9. The Morgan fingerprint density at radius 2 is 1.64 bits per heavy atom. The van der Waals surface area contributed by atoms with Crippen molar-refractivity contribution in [2.45, 2.75) is 0 Å². The zero-order valence-corrected chi connectivity index (χ0v) is 20.4. The monoisotopic (exact) mass is 524 g/mol. The number of hydrogen-bond acceptors (Lipinski definition) is 6. The molecule has 0 unspecified atom stereocenters. The molecule has 0 aliphatic rings. The van der Waals surface area contributed by atoms with E-state index >= 15 is 0 Å². The molecule has 1 aromatic heterocycles. The molecule has 0 fully saturated rings. The van der Waals surface area contributed by atoms with Crippen LogP contribution in [0.1, 0.15) is 0 Å². The van der Waals surface area contributed by atoms with Gasteiger partial charge < -0.3 is 14.2 Å². The third-order valence-corrected chi connectivity index (χ3v) is 6.21. The zero-order chi connectivity index (χ0) is 23.2. The first-order valence-corrected chi connectivity index (χ1v) is 11.7. The summed E-state index contributed by atoms with van der Waals surface area (Å²) in [7, 11) is 3.17. The lowest BCUT2D eigenvalue weighted by Gasteiger charge is -2.10. The van der Waals surface area contributed by atoms with Crippen LogP contribution in [0.2, 0.25) is 0 Å². The number of thiazole rings is 1. The van der Waals surface area contributed by atoms with Gasteiger partial charge in [0.2, 0.25) is 0 Å². The maximum Gasteiger partial charge on any atom is 0.264 e. The number of carbonyl (C=O) groups excluding carboxylic acids is 1. The fraction of sp³-hybridized carbons (Fsp3) is 0.120. The van der Waals surface area contributed by atoms with E-state index in [4.69, 9.17) is 14.2 Å². The first-order chi connectivity index (χ1) is 16.1. The van der Waals surface area contributed by atoms with Crippen molar-refractivity contribution >= 4 is 38.3 Å². The third kappa shape index (κ3) is 5.53. The van der Waals surface area contributed by atoms with Crippen LogP contribution in [-0.4, -0.2) is 31.7 Å². The Morgan fingerprint density at radius 3 is 2.36 bits per heavy atom. The molecular formula is C25H21BrN2O4S. The lowest BCUT2D eigenvalue weighted by atomic mass is 10.1. The summed E-state index contributed by atoms with van der Waals surface area (Å²) >= 11 is 4.87. The topological polar surface area (TPSA) is 69.7 Å². The number of amides is 1. The summed E-state index contributed by atoms with van der Waals surface area (Å²) < 4.78 is 17.1. The Kier molecular flexibility index (Phi) is 7.26. The van der Waals surface area contributed by atoms with Crippen LogP contribution in [0.3, 0.4) is 0 Å². The molecule has 0 bridgehead atoms. The Hall–Kier alpha value is -3.36. The highest BCUT2D eigenvalue weighted by molar-refractivity contribution is 9.10. The van der Waals surface area contributed by atoms with E-state index < -0.39 is 0 Å². The van der Waals surface area contributed by atoms with Crippen LogP contribution in [0.15, 0.2) is 76.6 Å². The summed E-state index contributed by atoms with van der Waals surface area (Å²) in [4.78, 5) is 16.9. The van der Waals surface area contributed by atoms with Crippen LogP contribution in [-0.2, 0) is 4.79 Å². The molecule has 0 aliphatic carbocycles. The van der Waals surface area contributed by atoms with Crippen molar-refractivity contribution in [2.75, 3.05) is 26.1 Å². The predicted molar refractivity (Wildman–Crippen MR) is 134 cm³/mol. The second-order valence-corrected chi connectivity index (χ2v) is 8.67. The van der Waals surface area contributed by atoms with Gasteiger partial charge in [0.25, 0.3) is 5.91 Å². The molecular weight excluding hydrogens is 504 g/mol. The van der Waals surface area contributed by atoms with E-state index in [2.05, 4.69) is 26.2 Å². The van der Waals surface area contributed by atoms with Crippen molar-refractivity contribution in [3.05, 3.63) is 76.6 Å². The van der Waals surface area contributed by atoms with Gasteiger partial charge in [-0.25, -0.2) is 4.98 Å². The van der Waals surface area contributed by atoms with Gasteiger partial charge in [-0.05, 0) is 57.4 Å². The fourth-order valence-electron chi connectivity index (χ4n) is 3.19. The second kappa shape index (κ2) is 10.5. The zero-order valence-electron chi connectivity index (χ0n) is 18.0. The van der Waals surface area contributed by atoms with Crippen molar-refractivity contribution in [1.82, 2.24) is 4.98 Å². The Balaban J connectivity index is 1.37. The van der Waals surface area contributed by atoms with Gasteiger partial charge in [0.15, 0.2) is 23.2 Å². The molecule has 4 rings (SSSR count). The number of aromatic nitrogens is 1. The normalized spacial score (nSPS) is 10.5. The number of carbonyl (C=O) groups is 1. The molecule has 1 heterocycles. The second-order valence-electron chi connectivity index (χ2n) is 6.96. The first-order valence-electron chi connectivity index (χ1n) is 10.0. The summed E-state index contributed by atoms with van der Waals surface area (Å²) in [6.45, 7) is -0.130. The van der Waals surface area contributed by atoms with Crippen LogP contribution in [0.25, 0.3) is 22.4 Å². The van der Waals surface area contributed by atoms with E-state index in [1.807, 2.05) is 72.1 Å². The van der Waals surface area contributed by atoms with Crippen LogP contribution in [0.5, 0.6) is 17.2 Å². The summed E-state index contributed by atoms with van der Waals surface area (Å²) in [5.41, 5.74) is 3.76. The minimum absolute atomic E-state index is 0.130. The first kappa shape index (κ1) is 22.8. The Labute approximate surface area is 204 Å². The van der Waals surface area contributed by atoms with Crippen LogP contribution >= 0.6 is 27.3 Å². The van der Waals surface area contributed by atoms with Gasteiger partial charge >= 0.3 is 0 Å². The quantitative estimate of drug-likeness (QED) is 0.294. The molecule has 4 aromatic rings. The SMILES string of the molecule is COc1ccc(-c2csc(NC(=O)COc3ccc(-c4ccccc4)cc3Br)n2)cc1OC. The van der Waals surface area contributed by atoms with Gasteiger partial charge in [0.05, 0.1) is 24.4 Å². The number of nitrogens with one attached hydrogen (secondary N) is 1. The van der Waals surface area contributed by atoms with Gasteiger partial charge in [-0.1, -0.05) is 36.4 Å². The van der Waals surface area contributed by atoms with Crippen molar-refractivity contribution in [2.24, 2.45) is 0 Å². The van der Waals surface area contributed by atoms with E-state index in [0.29, 0.717) is 22.4 Å². The van der Waals surface area contributed by atoms with Crippen molar-refractivity contribution < 1.29 is 19.0 Å². The number of rotatable bonds is 8. The maximum absolute atomic E-state index is 12.4. The number of hydrogen-bond donors (Lipinski definition) is 1. The average molecular weight is 525 g/mol. The number of halogens is 1. The van der Waals surface area contributed by atoms with E-state index in [1.165, 1.54) is 11.3 Å². The number of anilines is 1. The highest BCUT2D eigenvalue weighted by Gasteiger charge is 2.12. The molecule has 33 heavy (non-hydrogen) atoms. The molecule has 6 nitrogen and oxygen atoms in total. The van der Waals surface area contributed by atoms with Gasteiger partial charge in [-0.15, -0.1) is 11.3 Å². The number of methoxy groups -OCH3 is 2.